The van der Waals surface area contributed by atoms with E-state index in [1.54, 1.807) is 11.3 Å². The average Bonchev–Trinajstić information content (AvgIpc) is 3.03. The second kappa shape index (κ2) is 5.31. The zero-order valence-corrected chi connectivity index (χ0v) is 12.2. The van der Waals surface area contributed by atoms with Crippen LogP contribution in [0.4, 0.5) is 0 Å². The molecule has 1 aromatic carbocycles. The Morgan fingerprint density at radius 1 is 1.37 bits per heavy atom. The van der Waals surface area contributed by atoms with Crippen LogP contribution in [0.3, 0.4) is 0 Å². The molecule has 0 spiro atoms. The third kappa shape index (κ3) is 2.51. The van der Waals surface area contributed by atoms with Gasteiger partial charge in [0, 0.05) is 18.3 Å². The first-order valence-electron chi connectivity index (χ1n) is 6.22. The Labute approximate surface area is 120 Å². The van der Waals surface area contributed by atoms with Crippen molar-refractivity contribution in [1.29, 1.82) is 0 Å². The van der Waals surface area contributed by atoms with Crippen molar-refractivity contribution in [3.8, 4) is 0 Å². The quantitative estimate of drug-likeness (QED) is 0.679. The van der Waals surface area contributed by atoms with E-state index in [2.05, 4.69) is 26.0 Å². The van der Waals surface area contributed by atoms with Crippen molar-refractivity contribution >= 4 is 34.0 Å². The van der Waals surface area contributed by atoms with Crippen LogP contribution in [0.25, 0.3) is 11.0 Å². The van der Waals surface area contributed by atoms with Crippen molar-refractivity contribution in [2.75, 3.05) is 0 Å². The molecule has 0 fully saturated rings. The van der Waals surface area contributed by atoms with Gasteiger partial charge in [0.15, 0.2) is 0 Å². The van der Waals surface area contributed by atoms with Gasteiger partial charge in [-0.05, 0) is 19.1 Å². The molecule has 98 valence electrons. The van der Waals surface area contributed by atoms with E-state index in [1.165, 1.54) is 0 Å². The van der Waals surface area contributed by atoms with Crippen LogP contribution in [0.15, 0.2) is 35.2 Å². The molecule has 2 heterocycles. The molecule has 0 aliphatic carbocycles. The third-order valence-corrected chi connectivity index (χ3v) is 3.95. The van der Waals surface area contributed by atoms with Crippen LogP contribution in [0.2, 0.25) is 0 Å². The standard InChI is InChI=1S/C14H14ClN3S/c1-10(15)14-17-12-4-2-3-5-13(12)18(14)7-6-11-8-19-9-16-11/h2-5,8-10H,6-7H2,1H3. The fraction of sp³-hybridized carbons (Fsp3) is 0.286. The number of aryl methyl sites for hydroxylation is 2. The third-order valence-electron chi connectivity index (χ3n) is 3.11. The molecule has 5 heteroatoms. The molecule has 0 amide bonds. The minimum Gasteiger partial charge on any atom is -0.326 e. The van der Waals surface area contributed by atoms with Crippen molar-refractivity contribution in [2.45, 2.75) is 25.3 Å². The van der Waals surface area contributed by atoms with Gasteiger partial charge in [0.25, 0.3) is 0 Å². The summed E-state index contributed by atoms with van der Waals surface area (Å²) in [6.07, 6.45) is 0.903. The zero-order chi connectivity index (χ0) is 13.2. The first-order chi connectivity index (χ1) is 9.25. The predicted molar refractivity (Wildman–Crippen MR) is 79.8 cm³/mol. The molecule has 19 heavy (non-hydrogen) atoms. The summed E-state index contributed by atoms with van der Waals surface area (Å²) in [5.74, 6) is 0.929. The van der Waals surface area contributed by atoms with E-state index < -0.39 is 0 Å². The lowest BCUT2D eigenvalue weighted by atomic mass is 10.3. The first kappa shape index (κ1) is 12.6. The Balaban J connectivity index is 1.97. The topological polar surface area (TPSA) is 30.7 Å². The first-order valence-corrected chi connectivity index (χ1v) is 7.60. The SMILES string of the molecule is CC(Cl)c1nc2ccccc2n1CCc1cscn1. The number of thiazole rings is 1. The van der Waals surface area contributed by atoms with Gasteiger partial charge in [-0.2, -0.15) is 0 Å². The number of halogens is 1. The van der Waals surface area contributed by atoms with E-state index >= 15 is 0 Å². The Hall–Kier alpha value is -1.39. The summed E-state index contributed by atoms with van der Waals surface area (Å²) in [6, 6.07) is 8.15. The maximum atomic E-state index is 6.24. The zero-order valence-electron chi connectivity index (χ0n) is 10.6. The van der Waals surface area contributed by atoms with E-state index in [0.717, 1.165) is 35.5 Å². The second-order valence-corrected chi connectivity index (χ2v) is 5.83. The van der Waals surface area contributed by atoms with Crippen molar-refractivity contribution in [3.63, 3.8) is 0 Å². The van der Waals surface area contributed by atoms with Crippen LogP contribution < -0.4 is 0 Å². The molecule has 0 aliphatic rings. The van der Waals surface area contributed by atoms with Crippen LogP contribution in [-0.4, -0.2) is 14.5 Å². The van der Waals surface area contributed by atoms with Gasteiger partial charge in [-0.1, -0.05) is 12.1 Å². The van der Waals surface area contributed by atoms with Crippen LogP contribution in [0, 0.1) is 0 Å². The summed E-state index contributed by atoms with van der Waals surface area (Å²) in [6.45, 7) is 2.82. The van der Waals surface area contributed by atoms with Gasteiger partial charge >= 0.3 is 0 Å². The molecule has 0 saturated heterocycles. The molecule has 2 aromatic heterocycles. The Bertz CT molecular complexity index is 673. The summed E-state index contributed by atoms with van der Waals surface area (Å²) in [7, 11) is 0. The molecule has 0 N–H and O–H groups in total. The van der Waals surface area contributed by atoms with E-state index in [9.17, 15) is 0 Å². The van der Waals surface area contributed by atoms with Crippen LogP contribution >= 0.6 is 22.9 Å². The molecule has 0 radical (unpaired) electrons. The number of rotatable bonds is 4. The Morgan fingerprint density at radius 3 is 2.95 bits per heavy atom. The number of aromatic nitrogens is 3. The summed E-state index contributed by atoms with van der Waals surface area (Å²) >= 11 is 7.87. The van der Waals surface area contributed by atoms with E-state index in [-0.39, 0.29) is 5.38 Å². The number of benzene rings is 1. The van der Waals surface area contributed by atoms with Crippen molar-refractivity contribution in [1.82, 2.24) is 14.5 Å². The molecular formula is C14H14ClN3S. The lowest BCUT2D eigenvalue weighted by Crippen LogP contribution is -2.07. The predicted octanol–water partition coefficient (Wildman–Crippen LogP) is 4.04. The summed E-state index contributed by atoms with van der Waals surface area (Å²) in [4.78, 5) is 8.95. The lowest BCUT2D eigenvalue weighted by Gasteiger charge is -2.09. The van der Waals surface area contributed by atoms with E-state index in [0.29, 0.717) is 0 Å². The van der Waals surface area contributed by atoms with Crippen LogP contribution in [0.5, 0.6) is 0 Å². The molecule has 1 unspecified atom stereocenters. The van der Waals surface area contributed by atoms with E-state index in [4.69, 9.17) is 11.6 Å². The maximum absolute atomic E-state index is 6.24. The molecule has 0 bridgehead atoms. The number of fused-ring (bicyclic) bond motifs is 1. The Morgan fingerprint density at radius 2 is 2.21 bits per heavy atom. The highest BCUT2D eigenvalue weighted by atomic mass is 35.5. The normalized spacial score (nSPS) is 12.9. The smallest absolute Gasteiger partial charge is 0.127 e. The lowest BCUT2D eigenvalue weighted by molar-refractivity contribution is 0.662. The molecule has 3 aromatic rings. The number of alkyl halides is 1. The Kier molecular flexibility index (Phi) is 3.53. The fourth-order valence-corrected chi connectivity index (χ4v) is 2.98. The van der Waals surface area contributed by atoms with E-state index in [1.807, 2.05) is 30.6 Å². The fourth-order valence-electron chi connectivity index (χ4n) is 2.22. The average molecular weight is 292 g/mol. The number of hydrogen-bond donors (Lipinski definition) is 0. The molecule has 0 saturated carbocycles. The van der Waals surface area contributed by atoms with Gasteiger partial charge in [0.1, 0.15) is 5.82 Å². The number of para-hydroxylation sites is 2. The van der Waals surface area contributed by atoms with Gasteiger partial charge in [-0.25, -0.2) is 9.97 Å². The molecule has 0 aliphatic heterocycles. The van der Waals surface area contributed by atoms with Gasteiger partial charge in [0.2, 0.25) is 0 Å². The minimum atomic E-state index is -0.0946. The molecule has 1 atom stereocenters. The number of imidazole rings is 1. The van der Waals surface area contributed by atoms with Crippen molar-refractivity contribution in [3.05, 3.63) is 46.7 Å². The molecule has 3 rings (SSSR count). The second-order valence-electron chi connectivity index (χ2n) is 4.46. The van der Waals surface area contributed by atoms with Crippen LogP contribution in [-0.2, 0) is 13.0 Å². The highest BCUT2D eigenvalue weighted by Gasteiger charge is 2.14. The number of nitrogens with zero attached hydrogens (tertiary/aromatic N) is 3. The maximum Gasteiger partial charge on any atom is 0.127 e. The van der Waals surface area contributed by atoms with Crippen LogP contribution in [0.1, 0.15) is 23.8 Å². The van der Waals surface area contributed by atoms with Gasteiger partial charge in [-0.15, -0.1) is 22.9 Å². The van der Waals surface area contributed by atoms with Gasteiger partial charge < -0.3 is 4.57 Å². The molecular weight excluding hydrogens is 278 g/mol. The highest BCUT2D eigenvalue weighted by molar-refractivity contribution is 7.07. The summed E-state index contributed by atoms with van der Waals surface area (Å²) < 4.78 is 2.20. The van der Waals surface area contributed by atoms with Crippen molar-refractivity contribution < 1.29 is 0 Å². The largest absolute Gasteiger partial charge is 0.326 e. The minimum absolute atomic E-state index is 0.0946. The number of hydrogen-bond acceptors (Lipinski definition) is 3. The monoisotopic (exact) mass is 291 g/mol. The highest BCUT2D eigenvalue weighted by Crippen LogP contribution is 2.24. The summed E-state index contributed by atoms with van der Waals surface area (Å²) in [5.41, 5.74) is 5.13. The van der Waals surface area contributed by atoms with Gasteiger partial charge in [0.05, 0.1) is 27.6 Å². The summed E-state index contributed by atoms with van der Waals surface area (Å²) in [5, 5.41) is 1.99. The molecule has 3 nitrogen and oxygen atoms in total. The van der Waals surface area contributed by atoms with Gasteiger partial charge in [-0.3, -0.25) is 0 Å². The van der Waals surface area contributed by atoms with Crippen molar-refractivity contribution in [2.24, 2.45) is 0 Å².